The van der Waals surface area contributed by atoms with Gasteiger partial charge in [-0.2, -0.15) is 0 Å². The van der Waals surface area contributed by atoms with Gasteiger partial charge >= 0.3 is 0 Å². The monoisotopic (exact) mass is 327 g/mol. The van der Waals surface area contributed by atoms with Crippen LogP contribution in [-0.2, 0) is 14.6 Å². The van der Waals surface area contributed by atoms with Crippen LogP contribution in [0.5, 0.6) is 0 Å². The van der Waals surface area contributed by atoms with E-state index in [2.05, 4.69) is 5.32 Å². The first-order valence-corrected chi connectivity index (χ1v) is 9.10. The molecule has 3 rings (SSSR count). The molecule has 1 atom stereocenters. The number of allylic oxidation sites excluding steroid dienone is 1. The number of anilines is 1. The molecule has 1 heterocycles. The van der Waals surface area contributed by atoms with Gasteiger partial charge in [0.25, 0.3) is 0 Å². The minimum absolute atomic E-state index is 0.0212. The number of benzene rings is 2. The number of rotatable bonds is 4. The Morgan fingerprint density at radius 2 is 1.65 bits per heavy atom. The molecule has 0 spiro atoms. The highest BCUT2D eigenvalue weighted by Crippen LogP contribution is 2.22. The van der Waals surface area contributed by atoms with Gasteiger partial charge in [-0.25, -0.2) is 8.42 Å². The minimum atomic E-state index is -3.11. The molecule has 0 aliphatic carbocycles. The molecule has 1 unspecified atom stereocenters. The van der Waals surface area contributed by atoms with Crippen molar-refractivity contribution < 1.29 is 13.2 Å². The van der Waals surface area contributed by atoms with Crippen molar-refractivity contribution in [2.45, 2.75) is 6.42 Å². The van der Waals surface area contributed by atoms with Crippen LogP contribution >= 0.6 is 0 Å². The average Bonchev–Trinajstić information content (AvgIpc) is 2.87. The standard InChI is InChI=1S/C18H17NO3S/c20-18(12-14-10-11-23(21,22)13-14)19-17-8-6-16(7-9-17)15-4-2-1-3-5-15/h1-11,14H,12-13H2,(H,19,20). The third kappa shape index (κ3) is 4.07. The van der Waals surface area contributed by atoms with Crippen LogP contribution < -0.4 is 5.32 Å². The van der Waals surface area contributed by atoms with E-state index in [1.54, 1.807) is 6.08 Å². The van der Waals surface area contributed by atoms with Crippen LogP contribution in [0.3, 0.4) is 0 Å². The Morgan fingerprint density at radius 3 is 2.26 bits per heavy atom. The smallest absolute Gasteiger partial charge is 0.224 e. The predicted octanol–water partition coefficient (Wildman–Crippen LogP) is 3.24. The SMILES string of the molecule is O=C(CC1C=CS(=O)(=O)C1)Nc1ccc(-c2ccccc2)cc1. The van der Waals surface area contributed by atoms with Crippen LogP contribution in [0.1, 0.15) is 6.42 Å². The summed E-state index contributed by atoms with van der Waals surface area (Å²) in [5.41, 5.74) is 2.90. The van der Waals surface area contributed by atoms with Crippen molar-refractivity contribution in [2.75, 3.05) is 11.1 Å². The molecule has 4 nitrogen and oxygen atoms in total. The normalized spacial score (nSPS) is 18.7. The summed E-state index contributed by atoms with van der Waals surface area (Å²) in [4.78, 5) is 12.0. The summed E-state index contributed by atoms with van der Waals surface area (Å²) in [7, 11) is -3.11. The molecule has 0 aromatic heterocycles. The second-order valence-corrected chi connectivity index (χ2v) is 7.55. The maximum atomic E-state index is 12.0. The molecule has 118 valence electrons. The number of carbonyl (C=O) groups excluding carboxylic acids is 1. The van der Waals surface area contributed by atoms with Crippen LogP contribution in [0, 0.1) is 5.92 Å². The Kier molecular flexibility index (Phi) is 4.30. The van der Waals surface area contributed by atoms with Crippen LogP contribution in [0.15, 0.2) is 66.1 Å². The minimum Gasteiger partial charge on any atom is -0.326 e. The lowest BCUT2D eigenvalue weighted by Gasteiger charge is -2.09. The lowest BCUT2D eigenvalue weighted by Crippen LogP contribution is -2.17. The summed E-state index contributed by atoms with van der Waals surface area (Å²) in [6, 6.07) is 17.6. The molecule has 1 aliphatic heterocycles. The van der Waals surface area contributed by atoms with Crippen molar-refractivity contribution in [1.29, 1.82) is 0 Å². The fourth-order valence-corrected chi connectivity index (χ4v) is 3.99. The lowest BCUT2D eigenvalue weighted by molar-refractivity contribution is -0.116. The maximum absolute atomic E-state index is 12.0. The van der Waals surface area contributed by atoms with Crippen molar-refractivity contribution in [3.63, 3.8) is 0 Å². The highest BCUT2D eigenvalue weighted by atomic mass is 32.2. The van der Waals surface area contributed by atoms with Crippen LogP contribution in [0.25, 0.3) is 11.1 Å². The maximum Gasteiger partial charge on any atom is 0.224 e. The Labute approximate surface area is 135 Å². The molecule has 0 bridgehead atoms. The fraction of sp³-hybridized carbons (Fsp3) is 0.167. The average molecular weight is 327 g/mol. The van der Waals surface area contributed by atoms with Crippen molar-refractivity contribution in [1.82, 2.24) is 0 Å². The Balaban J connectivity index is 1.60. The van der Waals surface area contributed by atoms with Gasteiger partial charge in [0.2, 0.25) is 5.91 Å². The summed E-state index contributed by atoms with van der Waals surface area (Å²) in [6.45, 7) is 0. The molecule has 2 aromatic carbocycles. The summed E-state index contributed by atoms with van der Waals surface area (Å²) >= 11 is 0. The lowest BCUT2D eigenvalue weighted by atomic mass is 10.1. The van der Waals surface area contributed by atoms with Gasteiger partial charge in [0.05, 0.1) is 5.75 Å². The van der Waals surface area contributed by atoms with Crippen LogP contribution in [0.2, 0.25) is 0 Å². The number of sulfone groups is 1. The van der Waals surface area contributed by atoms with E-state index in [0.29, 0.717) is 5.69 Å². The van der Waals surface area contributed by atoms with Gasteiger partial charge in [0.1, 0.15) is 0 Å². The van der Waals surface area contributed by atoms with Crippen molar-refractivity contribution in [3.8, 4) is 11.1 Å². The third-order valence-corrected chi connectivity index (χ3v) is 5.19. The van der Waals surface area contributed by atoms with Crippen molar-refractivity contribution >= 4 is 21.4 Å². The van der Waals surface area contributed by atoms with Gasteiger partial charge in [-0.05, 0) is 23.3 Å². The summed E-state index contributed by atoms with van der Waals surface area (Å²) in [6.07, 6.45) is 1.77. The first kappa shape index (κ1) is 15.5. The second kappa shape index (κ2) is 6.38. The first-order valence-electron chi connectivity index (χ1n) is 7.38. The van der Waals surface area contributed by atoms with Gasteiger partial charge in [0, 0.05) is 23.4 Å². The fourth-order valence-electron chi connectivity index (χ4n) is 2.59. The van der Waals surface area contributed by atoms with E-state index in [1.807, 2.05) is 54.6 Å². The quantitative estimate of drug-likeness (QED) is 0.937. The largest absolute Gasteiger partial charge is 0.326 e. The number of carbonyl (C=O) groups is 1. The molecule has 23 heavy (non-hydrogen) atoms. The Bertz CT molecular complexity index is 824. The highest BCUT2D eigenvalue weighted by molar-refractivity contribution is 7.94. The summed E-state index contributed by atoms with van der Waals surface area (Å²) in [5, 5.41) is 4.00. The number of hydrogen-bond donors (Lipinski definition) is 1. The molecule has 5 heteroatoms. The predicted molar refractivity (Wildman–Crippen MR) is 91.5 cm³/mol. The molecule has 1 N–H and O–H groups in total. The number of amides is 1. The summed E-state index contributed by atoms with van der Waals surface area (Å²) < 4.78 is 22.7. The van der Waals surface area contributed by atoms with E-state index in [1.165, 1.54) is 5.41 Å². The topological polar surface area (TPSA) is 63.2 Å². The van der Waals surface area contributed by atoms with E-state index in [9.17, 15) is 13.2 Å². The van der Waals surface area contributed by atoms with Crippen molar-refractivity contribution in [3.05, 3.63) is 66.1 Å². The zero-order valence-corrected chi connectivity index (χ0v) is 13.3. The van der Waals surface area contributed by atoms with E-state index < -0.39 is 9.84 Å². The number of nitrogens with one attached hydrogen (secondary N) is 1. The van der Waals surface area contributed by atoms with Crippen LogP contribution in [-0.4, -0.2) is 20.1 Å². The van der Waals surface area contributed by atoms with Crippen LogP contribution in [0.4, 0.5) is 5.69 Å². The van der Waals surface area contributed by atoms with Gasteiger partial charge < -0.3 is 5.32 Å². The van der Waals surface area contributed by atoms with Crippen molar-refractivity contribution in [2.24, 2.45) is 5.92 Å². The molecule has 0 saturated carbocycles. The molecular weight excluding hydrogens is 310 g/mol. The molecule has 0 fully saturated rings. The molecular formula is C18H17NO3S. The second-order valence-electron chi connectivity index (χ2n) is 5.61. The summed E-state index contributed by atoms with van der Waals surface area (Å²) in [5.74, 6) is -0.388. The molecule has 2 aromatic rings. The van der Waals surface area contributed by atoms with E-state index in [4.69, 9.17) is 0 Å². The zero-order valence-electron chi connectivity index (χ0n) is 12.5. The first-order chi connectivity index (χ1) is 11.0. The Hall–Kier alpha value is -2.40. The molecule has 0 saturated heterocycles. The molecule has 1 aliphatic rings. The highest BCUT2D eigenvalue weighted by Gasteiger charge is 2.23. The van der Waals surface area contributed by atoms with E-state index in [-0.39, 0.29) is 24.0 Å². The van der Waals surface area contributed by atoms with Gasteiger partial charge in [-0.3, -0.25) is 4.79 Å². The Morgan fingerprint density at radius 1 is 1.00 bits per heavy atom. The third-order valence-electron chi connectivity index (χ3n) is 3.73. The number of hydrogen-bond acceptors (Lipinski definition) is 3. The van der Waals surface area contributed by atoms with E-state index >= 15 is 0 Å². The zero-order chi connectivity index (χ0) is 16.3. The van der Waals surface area contributed by atoms with Gasteiger partial charge in [-0.1, -0.05) is 48.5 Å². The molecule has 1 amide bonds. The molecule has 0 radical (unpaired) electrons. The van der Waals surface area contributed by atoms with Gasteiger partial charge in [-0.15, -0.1) is 0 Å². The van der Waals surface area contributed by atoms with E-state index in [0.717, 1.165) is 11.1 Å². The van der Waals surface area contributed by atoms with Gasteiger partial charge in [0.15, 0.2) is 9.84 Å².